The summed E-state index contributed by atoms with van der Waals surface area (Å²) >= 11 is 3.21. The lowest BCUT2D eigenvalue weighted by Gasteiger charge is -2.44. The second-order valence-electron chi connectivity index (χ2n) is 5.63. The Morgan fingerprint density at radius 1 is 1.40 bits per heavy atom. The van der Waals surface area contributed by atoms with Crippen LogP contribution in [0.15, 0.2) is 22.7 Å². The fourth-order valence-electron chi connectivity index (χ4n) is 3.29. The molecule has 0 radical (unpaired) electrons. The molecule has 2 aliphatic rings. The van der Waals surface area contributed by atoms with Crippen LogP contribution in [-0.2, 0) is 11.3 Å². The minimum Gasteiger partial charge on any atom is -0.335 e. The first-order valence-electron chi connectivity index (χ1n) is 7.09. The summed E-state index contributed by atoms with van der Waals surface area (Å²) < 4.78 is 13.7. The summed E-state index contributed by atoms with van der Waals surface area (Å²) in [6.07, 6.45) is 2.63. The van der Waals surface area contributed by atoms with Gasteiger partial charge >= 0.3 is 0 Å². The maximum absolute atomic E-state index is 13.3. The van der Waals surface area contributed by atoms with Crippen molar-refractivity contribution < 1.29 is 9.18 Å². The van der Waals surface area contributed by atoms with E-state index >= 15 is 0 Å². The molecule has 1 aromatic rings. The smallest absolute Gasteiger partial charge is 0.223 e. The second-order valence-corrected chi connectivity index (χ2v) is 6.48. The van der Waals surface area contributed by atoms with E-state index in [2.05, 4.69) is 21.2 Å². The summed E-state index contributed by atoms with van der Waals surface area (Å²) in [5, 5.41) is 3.40. The largest absolute Gasteiger partial charge is 0.335 e. The Bertz CT molecular complexity index is 523. The number of hydrogen-bond donors (Lipinski definition) is 1. The fourth-order valence-corrected chi connectivity index (χ4v) is 3.72. The van der Waals surface area contributed by atoms with Gasteiger partial charge < -0.3 is 10.2 Å². The molecule has 1 aromatic carbocycles. The Balaban J connectivity index is 1.79. The van der Waals surface area contributed by atoms with Gasteiger partial charge in [-0.25, -0.2) is 4.39 Å². The molecule has 2 aliphatic heterocycles. The number of rotatable bonds is 2. The van der Waals surface area contributed by atoms with Crippen LogP contribution in [0.2, 0.25) is 0 Å². The van der Waals surface area contributed by atoms with E-state index < -0.39 is 0 Å². The van der Waals surface area contributed by atoms with E-state index in [4.69, 9.17) is 0 Å². The van der Waals surface area contributed by atoms with Gasteiger partial charge in [-0.2, -0.15) is 0 Å². The molecule has 0 spiro atoms. The van der Waals surface area contributed by atoms with Crippen LogP contribution in [0.4, 0.5) is 4.39 Å². The number of piperidine rings is 2. The molecule has 2 atom stereocenters. The Kier molecular flexibility index (Phi) is 4.08. The first-order valence-corrected chi connectivity index (χ1v) is 7.88. The van der Waals surface area contributed by atoms with Crippen LogP contribution in [0, 0.1) is 11.7 Å². The number of halogens is 2. The minimum absolute atomic E-state index is 0.230. The highest BCUT2D eigenvalue weighted by atomic mass is 79.9. The van der Waals surface area contributed by atoms with Gasteiger partial charge in [-0.1, -0.05) is 6.07 Å². The van der Waals surface area contributed by atoms with Gasteiger partial charge in [0.15, 0.2) is 0 Å². The molecule has 0 bridgehead atoms. The quantitative estimate of drug-likeness (QED) is 0.897. The summed E-state index contributed by atoms with van der Waals surface area (Å²) in [6, 6.07) is 5.32. The standard InChI is InChI=1S/C15H18BrFN2O/c16-12-7-10(1-3-13(12)17)9-19-14-5-6-18-8-11(14)2-4-15(19)20/h1,3,7,11,14,18H,2,4-6,8-9H2. The van der Waals surface area contributed by atoms with Crippen molar-refractivity contribution in [3.63, 3.8) is 0 Å². The third kappa shape index (κ3) is 2.74. The number of fused-ring (bicyclic) bond motifs is 1. The third-order valence-electron chi connectivity index (χ3n) is 4.35. The zero-order valence-electron chi connectivity index (χ0n) is 11.2. The first-order chi connectivity index (χ1) is 9.65. The first kappa shape index (κ1) is 14.0. The molecule has 3 nitrogen and oxygen atoms in total. The van der Waals surface area contributed by atoms with Gasteiger partial charge in [-0.15, -0.1) is 0 Å². The highest BCUT2D eigenvalue weighted by Crippen LogP contribution is 2.30. The summed E-state index contributed by atoms with van der Waals surface area (Å²) in [7, 11) is 0. The van der Waals surface area contributed by atoms with Crippen LogP contribution in [0.1, 0.15) is 24.8 Å². The van der Waals surface area contributed by atoms with E-state index in [0.717, 1.165) is 31.5 Å². The summed E-state index contributed by atoms with van der Waals surface area (Å²) in [6.45, 7) is 2.55. The topological polar surface area (TPSA) is 32.3 Å². The molecule has 0 aromatic heterocycles. The van der Waals surface area contributed by atoms with Crippen molar-refractivity contribution in [3.05, 3.63) is 34.1 Å². The average Bonchev–Trinajstić information content (AvgIpc) is 2.46. The highest BCUT2D eigenvalue weighted by molar-refractivity contribution is 9.10. The zero-order valence-corrected chi connectivity index (χ0v) is 12.8. The maximum Gasteiger partial charge on any atom is 0.223 e. The Hall–Kier alpha value is -0.940. The lowest BCUT2D eigenvalue weighted by atomic mass is 9.84. The van der Waals surface area contributed by atoms with Crippen molar-refractivity contribution in [1.82, 2.24) is 10.2 Å². The third-order valence-corrected chi connectivity index (χ3v) is 4.96. The van der Waals surface area contributed by atoms with Gasteiger partial charge in [-0.3, -0.25) is 4.79 Å². The monoisotopic (exact) mass is 340 g/mol. The van der Waals surface area contributed by atoms with Gasteiger partial charge in [0.25, 0.3) is 0 Å². The van der Waals surface area contributed by atoms with Crippen molar-refractivity contribution in [1.29, 1.82) is 0 Å². The van der Waals surface area contributed by atoms with Crippen molar-refractivity contribution >= 4 is 21.8 Å². The van der Waals surface area contributed by atoms with Crippen LogP contribution in [0.25, 0.3) is 0 Å². The molecular weight excluding hydrogens is 323 g/mol. The molecule has 2 saturated heterocycles. The average molecular weight is 341 g/mol. The molecule has 0 aliphatic carbocycles. The molecule has 3 rings (SSSR count). The molecular formula is C15H18BrFN2O. The van der Waals surface area contributed by atoms with E-state index in [-0.39, 0.29) is 11.7 Å². The van der Waals surface area contributed by atoms with Crippen LogP contribution >= 0.6 is 15.9 Å². The molecule has 2 unspecified atom stereocenters. The number of carbonyl (C=O) groups excluding carboxylic acids is 1. The Morgan fingerprint density at radius 2 is 2.25 bits per heavy atom. The molecule has 2 fully saturated rings. The highest BCUT2D eigenvalue weighted by Gasteiger charge is 2.36. The molecule has 2 heterocycles. The minimum atomic E-state index is -0.265. The number of benzene rings is 1. The molecule has 5 heteroatoms. The lowest BCUT2D eigenvalue weighted by Crippen LogP contribution is -2.54. The summed E-state index contributed by atoms with van der Waals surface area (Å²) in [5.74, 6) is 0.525. The van der Waals surface area contributed by atoms with Crippen molar-refractivity contribution in [2.45, 2.75) is 31.8 Å². The molecule has 0 saturated carbocycles. The van der Waals surface area contributed by atoms with E-state index in [1.165, 1.54) is 6.07 Å². The van der Waals surface area contributed by atoms with Crippen LogP contribution in [0.3, 0.4) is 0 Å². The molecule has 20 heavy (non-hydrogen) atoms. The molecule has 108 valence electrons. The van der Waals surface area contributed by atoms with Crippen LogP contribution in [0.5, 0.6) is 0 Å². The second kappa shape index (κ2) is 5.82. The Morgan fingerprint density at radius 3 is 3.05 bits per heavy atom. The number of carbonyl (C=O) groups is 1. The number of nitrogens with zero attached hydrogens (tertiary/aromatic N) is 1. The number of nitrogens with one attached hydrogen (secondary N) is 1. The van der Waals surface area contributed by atoms with Gasteiger partial charge in [-0.05, 0) is 65.5 Å². The Labute approximate surface area is 126 Å². The number of amides is 1. The van der Waals surface area contributed by atoms with Crippen molar-refractivity contribution in [2.24, 2.45) is 5.92 Å². The van der Waals surface area contributed by atoms with Gasteiger partial charge in [0.1, 0.15) is 5.82 Å². The summed E-state index contributed by atoms with van der Waals surface area (Å²) in [5.41, 5.74) is 0.978. The SMILES string of the molecule is O=C1CCC2CNCCC2N1Cc1ccc(F)c(Br)c1. The van der Waals surface area contributed by atoms with E-state index in [1.807, 2.05) is 4.90 Å². The zero-order chi connectivity index (χ0) is 14.1. The number of likely N-dealkylation sites (tertiary alicyclic amines) is 1. The molecule has 1 amide bonds. The van der Waals surface area contributed by atoms with E-state index in [0.29, 0.717) is 29.4 Å². The summed E-state index contributed by atoms with van der Waals surface area (Å²) in [4.78, 5) is 14.2. The van der Waals surface area contributed by atoms with Crippen LogP contribution < -0.4 is 5.32 Å². The van der Waals surface area contributed by atoms with Gasteiger partial charge in [0.05, 0.1) is 4.47 Å². The molecule has 1 N–H and O–H groups in total. The van der Waals surface area contributed by atoms with E-state index in [1.54, 1.807) is 12.1 Å². The van der Waals surface area contributed by atoms with Crippen molar-refractivity contribution in [3.8, 4) is 0 Å². The predicted molar refractivity (Wildman–Crippen MR) is 78.6 cm³/mol. The number of hydrogen-bond acceptors (Lipinski definition) is 2. The fraction of sp³-hybridized carbons (Fsp3) is 0.533. The van der Waals surface area contributed by atoms with Gasteiger partial charge in [0, 0.05) is 19.0 Å². The maximum atomic E-state index is 13.3. The lowest BCUT2D eigenvalue weighted by molar-refractivity contribution is -0.140. The van der Waals surface area contributed by atoms with E-state index in [9.17, 15) is 9.18 Å². The van der Waals surface area contributed by atoms with Crippen molar-refractivity contribution in [2.75, 3.05) is 13.1 Å². The van der Waals surface area contributed by atoms with Crippen LogP contribution in [-0.4, -0.2) is 29.9 Å². The predicted octanol–water partition coefficient (Wildman–Crippen LogP) is 2.69. The normalized spacial score (nSPS) is 26.5. The van der Waals surface area contributed by atoms with Gasteiger partial charge in [0.2, 0.25) is 5.91 Å².